The van der Waals surface area contributed by atoms with Crippen molar-refractivity contribution in [2.75, 3.05) is 0 Å². The predicted molar refractivity (Wildman–Crippen MR) is 126 cm³/mol. The van der Waals surface area contributed by atoms with Gasteiger partial charge in [-0.25, -0.2) is 0 Å². The number of aryl methyl sites for hydroxylation is 4. The normalized spacial score (nSPS) is 11.0. The number of furan rings is 1. The summed E-state index contributed by atoms with van der Waals surface area (Å²) in [7, 11) is 0. The predicted octanol–water partition coefficient (Wildman–Crippen LogP) is 4.99. The van der Waals surface area contributed by atoms with Crippen molar-refractivity contribution < 1.29 is 14.3 Å². The van der Waals surface area contributed by atoms with Crippen LogP contribution in [0.5, 0.6) is 5.88 Å². The van der Waals surface area contributed by atoms with Gasteiger partial charge >= 0.3 is 0 Å². The average molecular weight is 440 g/mol. The summed E-state index contributed by atoms with van der Waals surface area (Å²) in [6, 6.07) is 13.2. The van der Waals surface area contributed by atoms with Gasteiger partial charge in [0.25, 0.3) is 5.56 Å². The number of hydrogen-bond donors (Lipinski definition) is 1. The molecule has 33 heavy (non-hydrogen) atoms. The first-order chi connectivity index (χ1) is 15.6. The van der Waals surface area contributed by atoms with Crippen LogP contribution in [-0.4, -0.2) is 15.5 Å². The van der Waals surface area contributed by atoms with Crippen molar-refractivity contribution in [2.45, 2.75) is 41.2 Å². The Labute approximate surface area is 191 Å². The van der Waals surface area contributed by atoms with Crippen molar-refractivity contribution in [1.82, 2.24) is 4.57 Å². The van der Waals surface area contributed by atoms with E-state index in [4.69, 9.17) is 4.42 Å². The van der Waals surface area contributed by atoms with E-state index in [1.54, 1.807) is 6.92 Å². The lowest BCUT2D eigenvalue weighted by Crippen LogP contribution is -2.27. The van der Waals surface area contributed by atoms with Crippen LogP contribution in [0.1, 0.15) is 55.1 Å². The highest BCUT2D eigenvalue weighted by atomic mass is 16.3. The largest absolute Gasteiger partial charge is 0.494 e. The molecule has 2 heterocycles. The molecule has 2 aromatic carbocycles. The zero-order valence-corrected chi connectivity index (χ0v) is 19.2. The maximum Gasteiger partial charge on any atom is 0.271 e. The highest BCUT2D eigenvalue weighted by molar-refractivity contribution is 6.13. The number of fused-ring (bicyclic) bond motifs is 1. The molecule has 0 aliphatic carbocycles. The molecule has 1 N–H and O–H groups in total. The Kier molecular flexibility index (Phi) is 5.43. The van der Waals surface area contributed by atoms with Gasteiger partial charge in [0.2, 0.25) is 11.7 Å². The van der Waals surface area contributed by atoms with Crippen molar-refractivity contribution in [2.24, 2.45) is 0 Å². The topological polar surface area (TPSA) is 96.2 Å². The molecule has 0 atom stereocenters. The van der Waals surface area contributed by atoms with E-state index in [0.717, 1.165) is 32.2 Å². The Morgan fingerprint density at radius 3 is 2.30 bits per heavy atom. The Morgan fingerprint density at radius 1 is 1.00 bits per heavy atom. The zero-order valence-electron chi connectivity index (χ0n) is 19.2. The van der Waals surface area contributed by atoms with Crippen LogP contribution in [0.15, 0.2) is 45.6 Å². The fourth-order valence-corrected chi connectivity index (χ4v) is 4.09. The number of ketones is 1. The van der Waals surface area contributed by atoms with Crippen LogP contribution < -0.4 is 5.56 Å². The molecule has 166 valence electrons. The fourth-order valence-electron chi connectivity index (χ4n) is 4.09. The van der Waals surface area contributed by atoms with Gasteiger partial charge in [-0.3, -0.25) is 14.2 Å². The number of pyridine rings is 1. The summed E-state index contributed by atoms with van der Waals surface area (Å²) < 4.78 is 7.05. The van der Waals surface area contributed by atoms with Crippen molar-refractivity contribution in [3.05, 3.63) is 97.0 Å². The second-order valence-corrected chi connectivity index (χ2v) is 8.46. The molecule has 0 bridgehead atoms. The molecule has 4 aromatic rings. The van der Waals surface area contributed by atoms with Gasteiger partial charge in [-0.05, 0) is 56.9 Å². The van der Waals surface area contributed by atoms with Gasteiger partial charge < -0.3 is 9.52 Å². The standard InChI is InChI=1S/C27H24N2O4/c1-14-6-9-19(10-7-14)13-29-26(31)21(12-28)17(4)22(27(29)32)23(30)25-18(5)20-11-8-15(2)16(3)24(20)33-25/h6-11,32H,13H2,1-5H3. The summed E-state index contributed by atoms with van der Waals surface area (Å²) in [5, 5.41) is 21.5. The zero-order chi connectivity index (χ0) is 24.0. The average Bonchev–Trinajstić information content (AvgIpc) is 3.12. The summed E-state index contributed by atoms with van der Waals surface area (Å²) in [6.45, 7) is 9.14. The minimum atomic E-state index is -0.641. The molecule has 0 saturated carbocycles. The summed E-state index contributed by atoms with van der Waals surface area (Å²) >= 11 is 0. The Bertz CT molecular complexity index is 1530. The van der Waals surface area contributed by atoms with Crippen LogP contribution in [0, 0.1) is 45.9 Å². The highest BCUT2D eigenvalue weighted by Gasteiger charge is 2.29. The molecule has 2 aromatic heterocycles. The first kappa shape index (κ1) is 22.1. The number of aromatic nitrogens is 1. The van der Waals surface area contributed by atoms with E-state index in [1.807, 2.05) is 63.2 Å². The second-order valence-electron chi connectivity index (χ2n) is 8.46. The lowest BCUT2D eigenvalue weighted by Gasteiger charge is -2.15. The summed E-state index contributed by atoms with van der Waals surface area (Å²) in [5.41, 5.74) is 4.25. The Morgan fingerprint density at radius 2 is 1.67 bits per heavy atom. The van der Waals surface area contributed by atoms with E-state index in [1.165, 1.54) is 6.92 Å². The minimum Gasteiger partial charge on any atom is -0.494 e. The smallest absolute Gasteiger partial charge is 0.271 e. The molecule has 0 amide bonds. The SMILES string of the molecule is Cc1ccc(Cn2c(O)c(C(=O)c3oc4c(C)c(C)ccc4c3C)c(C)c(C#N)c2=O)cc1. The molecule has 0 aliphatic rings. The number of carbonyl (C=O) groups is 1. The van der Waals surface area contributed by atoms with Gasteiger partial charge in [0.15, 0.2) is 5.76 Å². The third-order valence-corrected chi connectivity index (χ3v) is 6.32. The van der Waals surface area contributed by atoms with Gasteiger partial charge in [-0.15, -0.1) is 0 Å². The van der Waals surface area contributed by atoms with Crippen LogP contribution >= 0.6 is 0 Å². The van der Waals surface area contributed by atoms with Gasteiger partial charge in [0.05, 0.1) is 12.1 Å². The van der Waals surface area contributed by atoms with E-state index < -0.39 is 17.2 Å². The third kappa shape index (κ3) is 3.52. The third-order valence-electron chi connectivity index (χ3n) is 6.32. The molecule has 0 unspecified atom stereocenters. The monoisotopic (exact) mass is 440 g/mol. The number of nitriles is 1. The van der Waals surface area contributed by atoms with Gasteiger partial charge in [0.1, 0.15) is 17.2 Å². The van der Waals surface area contributed by atoms with Crippen molar-refractivity contribution in [1.29, 1.82) is 5.26 Å². The van der Waals surface area contributed by atoms with Gasteiger partial charge in [0, 0.05) is 10.9 Å². The molecule has 6 nitrogen and oxygen atoms in total. The van der Waals surface area contributed by atoms with Gasteiger partial charge in [-0.1, -0.05) is 42.0 Å². The second kappa shape index (κ2) is 8.10. The number of rotatable bonds is 4. The molecular weight excluding hydrogens is 416 g/mol. The Hall–Kier alpha value is -4.11. The van der Waals surface area contributed by atoms with E-state index in [0.29, 0.717) is 11.1 Å². The molecule has 0 radical (unpaired) electrons. The lowest BCUT2D eigenvalue weighted by atomic mass is 9.98. The van der Waals surface area contributed by atoms with E-state index in [9.17, 15) is 20.0 Å². The molecule has 0 saturated heterocycles. The van der Waals surface area contributed by atoms with E-state index in [-0.39, 0.29) is 29.0 Å². The quantitative estimate of drug-likeness (QED) is 0.451. The van der Waals surface area contributed by atoms with E-state index >= 15 is 0 Å². The molecule has 6 heteroatoms. The lowest BCUT2D eigenvalue weighted by molar-refractivity contribution is 0.101. The molecule has 0 spiro atoms. The number of hydrogen-bond acceptors (Lipinski definition) is 5. The van der Waals surface area contributed by atoms with Crippen LogP contribution in [0.25, 0.3) is 11.0 Å². The van der Waals surface area contributed by atoms with Crippen LogP contribution in [0.3, 0.4) is 0 Å². The molecule has 4 rings (SSSR count). The number of nitrogens with zero attached hydrogens (tertiary/aromatic N) is 2. The van der Waals surface area contributed by atoms with Crippen LogP contribution in [0.2, 0.25) is 0 Å². The summed E-state index contributed by atoms with van der Waals surface area (Å²) in [5.74, 6) is -0.957. The van der Waals surface area contributed by atoms with E-state index in [2.05, 4.69) is 0 Å². The van der Waals surface area contributed by atoms with Crippen molar-refractivity contribution in [3.63, 3.8) is 0 Å². The molecule has 0 aliphatic heterocycles. The molecular formula is C27H24N2O4. The first-order valence-corrected chi connectivity index (χ1v) is 10.6. The maximum atomic E-state index is 13.6. The fraction of sp³-hybridized carbons (Fsp3) is 0.222. The number of benzene rings is 2. The van der Waals surface area contributed by atoms with Crippen molar-refractivity contribution in [3.8, 4) is 11.9 Å². The first-order valence-electron chi connectivity index (χ1n) is 10.6. The van der Waals surface area contributed by atoms with Crippen LogP contribution in [-0.2, 0) is 6.54 Å². The minimum absolute atomic E-state index is 0.0254. The number of carbonyl (C=O) groups excluding carboxylic acids is 1. The van der Waals surface area contributed by atoms with Crippen LogP contribution in [0.4, 0.5) is 0 Å². The summed E-state index contributed by atoms with van der Waals surface area (Å²) in [6.07, 6.45) is 0. The highest BCUT2D eigenvalue weighted by Crippen LogP contribution is 2.33. The Balaban J connectivity index is 1.93. The van der Waals surface area contributed by atoms with Gasteiger partial charge in [-0.2, -0.15) is 5.26 Å². The van der Waals surface area contributed by atoms with Crippen molar-refractivity contribution >= 4 is 16.8 Å². The number of aromatic hydroxyl groups is 1. The maximum absolute atomic E-state index is 13.6. The summed E-state index contributed by atoms with van der Waals surface area (Å²) in [4.78, 5) is 26.6. The molecule has 0 fully saturated rings.